The van der Waals surface area contributed by atoms with E-state index in [1.54, 1.807) is 0 Å². The summed E-state index contributed by atoms with van der Waals surface area (Å²) < 4.78 is 0. The molecule has 2 aliphatic carbocycles. The first-order valence-electron chi connectivity index (χ1n) is 8.06. The monoisotopic (exact) mass is 248 g/mol. The van der Waals surface area contributed by atoms with Crippen molar-refractivity contribution in [3.8, 4) is 0 Å². The summed E-state index contributed by atoms with van der Waals surface area (Å²) in [6.45, 7) is 12.4. The quantitative estimate of drug-likeness (QED) is 0.516. The van der Waals surface area contributed by atoms with Gasteiger partial charge in [-0.1, -0.05) is 58.6 Å². The third kappa shape index (κ3) is 2.68. The molecule has 0 unspecified atom stereocenters. The summed E-state index contributed by atoms with van der Waals surface area (Å²) in [5.74, 6) is 0.930. The van der Waals surface area contributed by atoms with Gasteiger partial charge in [0.2, 0.25) is 0 Å². The molecular formula is C18H32. The van der Waals surface area contributed by atoms with Gasteiger partial charge in [0.15, 0.2) is 0 Å². The number of hydrogen-bond donors (Lipinski definition) is 0. The lowest BCUT2D eigenvalue weighted by Crippen LogP contribution is -2.32. The molecule has 0 amide bonds. The molecule has 2 fully saturated rings. The van der Waals surface area contributed by atoms with E-state index in [9.17, 15) is 0 Å². The molecule has 0 N–H and O–H groups in total. The zero-order chi connectivity index (χ0) is 13.4. The summed E-state index contributed by atoms with van der Waals surface area (Å²) in [7, 11) is 0. The lowest BCUT2D eigenvalue weighted by Gasteiger charge is -2.43. The van der Waals surface area contributed by atoms with Crippen molar-refractivity contribution in [2.45, 2.75) is 86.0 Å². The summed E-state index contributed by atoms with van der Waals surface area (Å²) in [4.78, 5) is 0. The minimum Gasteiger partial charge on any atom is -0.0699 e. The Morgan fingerprint density at radius 1 is 0.833 bits per heavy atom. The second-order valence-corrected chi connectivity index (χ2v) is 8.14. The Hall–Kier alpha value is -0.260. The number of rotatable bonds is 2. The number of hydrogen-bond acceptors (Lipinski definition) is 0. The Morgan fingerprint density at radius 2 is 1.33 bits per heavy atom. The molecule has 0 atom stereocenters. The van der Waals surface area contributed by atoms with Crippen LogP contribution in [0, 0.1) is 16.7 Å². The molecule has 0 aromatic rings. The molecule has 0 heteroatoms. The van der Waals surface area contributed by atoms with Crippen LogP contribution in [0.1, 0.15) is 86.0 Å². The van der Waals surface area contributed by atoms with E-state index in [0.29, 0.717) is 10.8 Å². The van der Waals surface area contributed by atoms with Crippen LogP contribution in [0.2, 0.25) is 0 Å². The van der Waals surface area contributed by atoms with Crippen LogP contribution in [-0.2, 0) is 0 Å². The molecule has 0 aliphatic heterocycles. The molecule has 0 radical (unpaired) electrons. The SMILES string of the molecule is CC(C)(C)C(=C1CCCC1)C(C)(C)C1CCCC1. The van der Waals surface area contributed by atoms with Gasteiger partial charge in [-0.25, -0.2) is 0 Å². The van der Waals surface area contributed by atoms with E-state index in [4.69, 9.17) is 0 Å². The third-order valence-corrected chi connectivity index (χ3v) is 5.33. The zero-order valence-electron chi connectivity index (χ0n) is 13.2. The molecular weight excluding hydrogens is 216 g/mol. The topological polar surface area (TPSA) is 0 Å². The Labute approximate surface area is 114 Å². The fraction of sp³-hybridized carbons (Fsp3) is 0.889. The maximum Gasteiger partial charge on any atom is -0.0109 e. The van der Waals surface area contributed by atoms with Gasteiger partial charge in [-0.3, -0.25) is 0 Å². The van der Waals surface area contributed by atoms with Crippen molar-refractivity contribution in [1.29, 1.82) is 0 Å². The van der Waals surface area contributed by atoms with Gasteiger partial charge in [-0.05, 0) is 55.3 Å². The summed E-state index contributed by atoms with van der Waals surface area (Å²) in [6, 6.07) is 0. The highest BCUT2D eigenvalue weighted by atomic mass is 14.5. The highest BCUT2D eigenvalue weighted by Gasteiger charge is 2.41. The van der Waals surface area contributed by atoms with Crippen molar-refractivity contribution in [3.05, 3.63) is 11.1 Å². The predicted octanol–water partition coefficient (Wildman–Crippen LogP) is 6.12. The van der Waals surface area contributed by atoms with Crippen LogP contribution in [0.4, 0.5) is 0 Å². The largest absolute Gasteiger partial charge is 0.0699 e. The summed E-state index contributed by atoms with van der Waals surface area (Å²) >= 11 is 0. The van der Waals surface area contributed by atoms with Crippen molar-refractivity contribution < 1.29 is 0 Å². The third-order valence-electron chi connectivity index (χ3n) is 5.33. The van der Waals surface area contributed by atoms with Gasteiger partial charge in [0.05, 0.1) is 0 Å². The van der Waals surface area contributed by atoms with Crippen molar-refractivity contribution in [2.75, 3.05) is 0 Å². The van der Waals surface area contributed by atoms with Crippen LogP contribution in [-0.4, -0.2) is 0 Å². The predicted molar refractivity (Wildman–Crippen MR) is 80.7 cm³/mol. The van der Waals surface area contributed by atoms with Crippen LogP contribution < -0.4 is 0 Å². The van der Waals surface area contributed by atoms with Gasteiger partial charge < -0.3 is 0 Å². The molecule has 18 heavy (non-hydrogen) atoms. The second kappa shape index (κ2) is 5.02. The van der Waals surface area contributed by atoms with Crippen LogP contribution in [0.3, 0.4) is 0 Å². The van der Waals surface area contributed by atoms with E-state index in [1.807, 2.05) is 11.1 Å². The van der Waals surface area contributed by atoms with Crippen LogP contribution in [0.25, 0.3) is 0 Å². The van der Waals surface area contributed by atoms with Crippen LogP contribution in [0.5, 0.6) is 0 Å². The van der Waals surface area contributed by atoms with Crippen molar-refractivity contribution in [1.82, 2.24) is 0 Å². The molecule has 104 valence electrons. The molecule has 0 nitrogen and oxygen atoms in total. The Kier molecular flexibility index (Phi) is 3.95. The summed E-state index contributed by atoms with van der Waals surface area (Å²) in [6.07, 6.45) is 11.4. The van der Waals surface area contributed by atoms with E-state index in [-0.39, 0.29) is 0 Å². The molecule has 0 spiro atoms. The lowest BCUT2D eigenvalue weighted by atomic mass is 9.62. The second-order valence-electron chi connectivity index (χ2n) is 8.14. The molecule has 2 rings (SSSR count). The standard InChI is InChI=1S/C18H32/c1-17(2,3)16(14-10-6-7-11-14)18(4,5)15-12-8-9-13-15/h15H,6-13H2,1-5H3. The van der Waals surface area contributed by atoms with Crippen LogP contribution in [0.15, 0.2) is 11.1 Å². The first kappa shape index (κ1) is 14.2. The van der Waals surface area contributed by atoms with E-state index in [0.717, 1.165) is 5.92 Å². The fourth-order valence-corrected chi connectivity index (χ4v) is 4.86. The van der Waals surface area contributed by atoms with E-state index in [2.05, 4.69) is 34.6 Å². The first-order valence-corrected chi connectivity index (χ1v) is 8.06. The van der Waals surface area contributed by atoms with Gasteiger partial charge in [0.1, 0.15) is 0 Å². The van der Waals surface area contributed by atoms with Crippen molar-refractivity contribution >= 4 is 0 Å². The minimum absolute atomic E-state index is 0.353. The smallest absolute Gasteiger partial charge is 0.0109 e. The summed E-state index contributed by atoms with van der Waals surface area (Å²) in [5, 5.41) is 0. The fourth-order valence-electron chi connectivity index (χ4n) is 4.86. The average Bonchev–Trinajstić information content (AvgIpc) is 2.86. The first-order chi connectivity index (χ1) is 8.33. The molecule has 0 bridgehead atoms. The molecule has 2 aliphatic rings. The minimum atomic E-state index is 0.353. The summed E-state index contributed by atoms with van der Waals surface area (Å²) in [5.41, 5.74) is 4.42. The van der Waals surface area contributed by atoms with Crippen molar-refractivity contribution in [3.63, 3.8) is 0 Å². The number of allylic oxidation sites excluding steroid dienone is 2. The van der Waals surface area contributed by atoms with Gasteiger partial charge in [0, 0.05) is 0 Å². The molecule has 0 aromatic carbocycles. The van der Waals surface area contributed by atoms with Gasteiger partial charge in [0.25, 0.3) is 0 Å². The van der Waals surface area contributed by atoms with Crippen molar-refractivity contribution in [2.24, 2.45) is 16.7 Å². The van der Waals surface area contributed by atoms with E-state index in [1.165, 1.54) is 51.4 Å². The van der Waals surface area contributed by atoms with Gasteiger partial charge in [-0.15, -0.1) is 0 Å². The lowest BCUT2D eigenvalue weighted by molar-refractivity contribution is 0.220. The molecule has 2 saturated carbocycles. The average molecular weight is 248 g/mol. The zero-order valence-corrected chi connectivity index (χ0v) is 13.2. The Bertz CT molecular complexity index is 310. The van der Waals surface area contributed by atoms with Gasteiger partial charge >= 0.3 is 0 Å². The van der Waals surface area contributed by atoms with Gasteiger partial charge in [-0.2, -0.15) is 0 Å². The Morgan fingerprint density at radius 3 is 1.78 bits per heavy atom. The highest BCUT2D eigenvalue weighted by Crippen LogP contribution is 2.52. The van der Waals surface area contributed by atoms with E-state index < -0.39 is 0 Å². The normalized spacial score (nSPS) is 22.8. The maximum atomic E-state index is 2.54. The highest BCUT2D eigenvalue weighted by molar-refractivity contribution is 5.29. The molecule has 0 saturated heterocycles. The van der Waals surface area contributed by atoms with Crippen LogP contribution >= 0.6 is 0 Å². The maximum absolute atomic E-state index is 2.54. The van der Waals surface area contributed by atoms with E-state index >= 15 is 0 Å². The Balaban J connectivity index is 2.37. The molecule has 0 aromatic heterocycles. The molecule has 0 heterocycles.